The summed E-state index contributed by atoms with van der Waals surface area (Å²) >= 11 is 0. The number of hydrogen-bond donors (Lipinski definition) is 2. The van der Waals surface area contributed by atoms with E-state index in [2.05, 4.69) is 5.32 Å². The quantitative estimate of drug-likeness (QED) is 0.654. The number of ether oxygens (including phenoxy) is 1. The maximum atomic E-state index is 11.6. The van der Waals surface area contributed by atoms with Crippen molar-refractivity contribution in [3.8, 4) is 0 Å². The molecule has 0 saturated carbocycles. The van der Waals surface area contributed by atoms with E-state index in [1.165, 1.54) is 0 Å². The third kappa shape index (κ3) is 7.45. The van der Waals surface area contributed by atoms with Gasteiger partial charge >= 0.3 is 12.1 Å². The Morgan fingerprint density at radius 3 is 2.38 bits per heavy atom. The number of hydrogen-bond acceptors (Lipinski definition) is 5. The molecule has 0 aliphatic carbocycles. The molecule has 0 aliphatic heterocycles. The Morgan fingerprint density at radius 2 is 1.88 bits per heavy atom. The molecule has 0 aliphatic rings. The lowest BCUT2D eigenvalue weighted by atomic mass is 10.0. The van der Waals surface area contributed by atoms with Gasteiger partial charge in [-0.05, 0) is 24.0 Å². The molecular weight excluding hydrogens is 334 g/mol. The number of unbranched alkanes of at least 4 members (excludes halogenated alkanes) is 1. The number of rotatable bonds is 9. The standard InChI is InChI=1S/C16H23NO6S/c1-3-4-10-23-16(20)17-14(15(18)19)13-7-5-12(6-8-13)9-11-24(2,21)22/h5-8,14H,3-4,9-11H2,1-2H3,(H,17,20)(H,18,19). The molecule has 24 heavy (non-hydrogen) atoms. The Labute approximate surface area is 141 Å². The molecular formula is C16H23NO6S. The van der Waals surface area contributed by atoms with Crippen LogP contribution in [0.2, 0.25) is 0 Å². The van der Waals surface area contributed by atoms with E-state index in [1.807, 2.05) is 6.92 Å². The van der Waals surface area contributed by atoms with Gasteiger partial charge in [0.05, 0.1) is 12.4 Å². The first-order valence-corrected chi connectivity index (χ1v) is 9.71. The number of alkyl carbamates (subject to hydrolysis) is 1. The van der Waals surface area contributed by atoms with E-state index in [9.17, 15) is 23.1 Å². The Balaban J connectivity index is 2.71. The molecule has 8 heteroatoms. The molecule has 1 atom stereocenters. The van der Waals surface area contributed by atoms with Gasteiger partial charge in [0.2, 0.25) is 0 Å². The zero-order chi connectivity index (χ0) is 18.2. The minimum Gasteiger partial charge on any atom is -0.479 e. The number of nitrogens with one attached hydrogen (secondary N) is 1. The lowest BCUT2D eigenvalue weighted by Crippen LogP contribution is -2.34. The Morgan fingerprint density at radius 1 is 1.25 bits per heavy atom. The molecule has 0 aromatic heterocycles. The number of carbonyl (C=O) groups excluding carboxylic acids is 1. The molecule has 1 unspecified atom stereocenters. The molecule has 0 saturated heterocycles. The fourth-order valence-electron chi connectivity index (χ4n) is 1.94. The van der Waals surface area contributed by atoms with Crippen molar-refractivity contribution >= 4 is 21.9 Å². The van der Waals surface area contributed by atoms with Gasteiger partial charge in [-0.1, -0.05) is 37.6 Å². The second kappa shape index (κ2) is 9.27. The van der Waals surface area contributed by atoms with Gasteiger partial charge < -0.3 is 15.2 Å². The summed E-state index contributed by atoms with van der Waals surface area (Å²) in [5, 5.41) is 11.6. The summed E-state index contributed by atoms with van der Waals surface area (Å²) in [4.78, 5) is 23.0. The number of carboxylic acids is 1. The van der Waals surface area contributed by atoms with Gasteiger partial charge in [0.15, 0.2) is 6.04 Å². The average Bonchev–Trinajstić information content (AvgIpc) is 2.50. The third-order valence-electron chi connectivity index (χ3n) is 3.31. The highest BCUT2D eigenvalue weighted by atomic mass is 32.2. The van der Waals surface area contributed by atoms with Crippen molar-refractivity contribution in [1.29, 1.82) is 0 Å². The van der Waals surface area contributed by atoms with Crippen LogP contribution >= 0.6 is 0 Å². The molecule has 7 nitrogen and oxygen atoms in total. The van der Waals surface area contributed by atoms with Crippen LogP contribution in [0.3, 0.4) is 0 Å². The van der Waals surface area contributed by atoms with E-state index in [1.54, 1.807) is 24.3 Å². The van der Waals surface area contributed by atoms with Crippen molar-refractivity contribution in [2.75, 3.05) is 18.6 Å². The molecule has 1 aromatic carbocycles. The van der Waals surface area contributed by atoms with Gasteiger partial charge in [0.1, 0.15) is 9.84 Å². The van der Waals surface area contributed by atoms with Crippen molar-refractivity contribution in [2.24, 2.45) is 0 Å². The number of sulfone groups is 1. The molecule has 0 radical (unpaired) electrons. The number of amides is 1. The van der Waals surface area contributed by atoms with Crippen LogP contribution in [-0.2, 0) is 25.8 Å². The summed E-state index contributed by atoms with van der Waals surface area (Å²) in [5.74, 6) is -1.18. The first kappa shape index (κ1) is 20.0. The van der Waals surface area contributed by atoms with Crippen LogP contribution in [0.5, 0.6) is 0 Å². The van der Waals surface area contributed by atoms with Gasteiger partial charge in [-0.2, -0.15) is 0 Å². The van der Waals surface area contributed by atoms with Gasteiger partial charge in [-0.15, -0.1) is 0 Å². The molecule has 1 aromatic rings. The summed E-state index contributed by atoms with van der Waals surface area (Å²) in [6, 6.07) is 5.20. The van der Waals surface area contributed by atoms with Gasteiger partial charge in [-0.25, -0.2) is 18.0 Å². The summed E-state index contributed by atoms with van der Waals surface area (Å²) in [6.45, 7) is 2.19. The molecule has 0 spiro atoms. The van der Waals surface area contributed by atoms with E-state index >= 15 is 0 Å². The van der Waals surface area contributed by atoms with Crippen molar-refractivity contribution in [3.05, 3.63) is 35.4 Å². The van der Waals surface area contributed by atoms with Gasteiger partial charge in [0.25, 0.3) is 0 Å². The van der Waals surface area contributed by atoms with Crippen LogP contribution in [0.15, 0.2) is 24.3 Å². The van der Waals surface area contributed by atoms with E-state index in [0.717, 1.165) is 18.2 Å². The van der Waals surface area contributed by atoms with E-state index in [-0.39, 0.29) is 12.4 Å². The first-order chi connectivity index (χ1) is 11.2. The topological polar surface area (TPSA) is 110 Å². The van der Waals surface area contributed by atoms with Gasteiger partial charge in [-0.3, -0.25) is 0 Å². The van der Waals surface area contributed by atoms with Gasteiger partial charge in [0, 0.05) is 6.26 Å². The smallest absolute Gasteiger partial charge is 0.408 e. The largest absolute Gasteiger partial charge is 0.479 e. The van der Waals surface area contributed by atoms with Crippen molar-refractivity contribution in [2.45, 2.75) is 32.2 Å². The molecule has 1 amide bonds. The normalized spacial score (nSPS) is 12.4. The zero-order valence-electron chi connectivity index (χ0n) is 13.8. The van der Waals surface area contributed by atoms with Crippen LogP contribution < -0.4 is 5.32 Å². The van der Waals surface area contributed by atoms with E-state index in [4.69, 9.17) is 4.74 Å². The minimum absolute atomic E-state index is 0.0245. The summed E-state index contributed by atoms with van der Waals surface area (Å²) in [7, 11) is -3.06. The summed E-state index contributed by atoms with van der Waals surface area (Å²) in [6.07, 6.45) is 2.31. The second-order valence-corrected chi connectivity index (χ2v) is 7.79. The van der Waals surface area contributed by atoms with E-state index < -0.39 is 27.9 Å². The molecule has 134 valence electrons. The first-order valence-electron chi connectivity index (χ1n) is 7.65. The number of carboxylic acid groups (broad SMARTS) is 1. The predicted octanol–water partition coefficient (Wildman–Crippen LogP) is 1.93. The van der Waals surface area contributed by atoms with Crippen molar-refractivity contribution in [3.63, 3.8) is 0 Å². The van der Waals surface area contributed by atoms with Crippen molar-refractivity contribution in [1.82, 2.24) is 5.32 Å². The zero-order valence-corrected chi connectivity index (χ0v) is 14.6. The highest BCUT2D eigenvalue weighted by Gasteiger charge is 2.22. The van der Waals surface area contributed by atoms with Crippen LogP contribution in [-0.4, -0.2) is 44.2 Å². The molecule has 1 rings (SSSR count). The highest BCUT2D eigenvalue weighted by Crippen LogP contribution is 2.15. The van der Waals surface area contributed by atoms with Crippen LogP contribution in [0.4, 0.5) is 4.79 Å². The summed E-state index contributed by atoms with van der Waals surface area (Å²) < 4.78 is 27.2. The fourth-order valence-corrected chi connectivity index (χ4v) is 2.54. The maximum Gasteiger partial charge on any atom is 0.408 e. The molecule has 0 fully saturated rings. The minimum atomic E-state index is -3.06. The Bertz CT molecular complexity index is 654. The fraction of sp³-hybridized carbons (Fsp3) is 0.500. The number of aliphatic carboxylic acids is 1. The summed E-state index contributed by atoms with van der Waals surface area (Å²) in [5.41, 5.74) is 1.16. The Kier molecular flexibility index (Phi) is 7.70. The monoisotopic (exact) mass is 357 g/mol. The molecule has 0 heterocycles. The third-order valence-corrected chi connectivity index (χ3v) is 4.26. The number of benzene rings is 1. The molecule has 2 N–H and O–H groups in total. The maximum absolute atomic E-state index is 11.6. The van der Waals surface area contributed by atoms with Crippen LogP contribution in [0.1, 0.15) is 36.9 Å². The second-order valence-electron chi connectivity index (χ2n) is 5.53. The lowest BCUT2D eigenvalue weighted by molar-refractivity contribution is -0.139. The molecule has 0 bridgehead atoms. The SMILES string of the molecule is CCCCOC(=O)NC(C(=O)O)c1ccc(CCS(C)(=O)=O)cc1. The highest BCUT2D eigenvalue weighted by molar-refractivity contribution is 7.90. The average molecular weight is 357 g/mol. The van der Waals surface area contributed by atoms with Crippen LogP contribution in [0, 0.1) is 0 Å². The van der Waals surface area contributed by atoms with Crippen molar-refractivity contribution < 1.29 is 27.9 Å². The van der Waals surface area contributed by atoms with E-state index in [0.29, 0.717) is 18.4 Å². The number of carbonyl (C=O) groups is 2. The lowest BCUT2D eigenvalue weighted by Gasteiger charge is -2.15. The van der Waals surface area contributed by atoms with Crippen LogP contribution in [0.25, 0.3) is 0 Å². The Hall–Kier alpha value is -2.09. The predicted molar refractivity (Wildman–Crippen MR) is 89.6 cm³/mol. The number of aryl methyl sites for hydroxylation is 1.